The van der Waals surface area contributed by atoms with E-state index in [0.29, 0.717) is 27.5 Å². The number of rotatable bonds is 4. The summed E-state index contributed by atoms with van der Waals surface area (Å²) in [5, 5.41) is 24.0. The zero-order valence-electron chi connectivity index (χ0n) is 22.3. The first-order chi connectivity index (χ1) is 20.2. The van der Waals surface area contributed by atoms with Crippen molar-refractivity contribution in [1.29, 1.82) is 0 Å². The number of non-ortho nitro benzene ring substituents is 2. The second-order valence-electron chi connectivity index (χ2n) is 8.51. The molecular weight excluding hydrogens is 564 g/mol. The van der Waals surface area contributed by atoms with E-state index in [2.05, 4.69) is 15.0 Å². The highest BCUT2D eigenvalue weighted by Crippen LogP contribution is 2.27. The highest BCUT2D eigenvalue weighted by atomic mass is 35.5. The van der Waals surface area contributed by atoms with Gasteiger partial charge in [-0.25, -0.2) is 0 Å². The van der Waals surface area contributed by atoms with E-state index < -0.39 is 9.85 Å². The molecule has 0 aliphatic heterocycles. The van der Waals surface area contributed by atoms with Crippen molar-refractivity contribution in [3.63, 3.8) is 0 Å². The second kappa shape index (κ2) is 13.2. The number of aromatic nitrogens is 3. The first-order valence-electron chi connectivity index (χ1n) is 12.2. The third-order valence-corrected chi connectivity index (χ3v) is 6.28. The molecule has 12 nitrogen and oxygen atoms in total. The summed E-state index contributed by atoms with van der Waals surface area (Å²) >= 11 is 5.88. The monoisotopic (exact) mass is 586 g/mol. The maximum Gasteiger partial charge on any atom is 0.271 e. The van der Waals surface area contributed by atoms with Crippen LogP contribution in [-0.2, 0) is 0 Å². The third kappa shape index (κ3) is 6.74. The molecule has 0 radical (unpaired) electrons. The molecule has 0 fully saturated rings. The van der Waals surface area contributed by atoms with Crippen molar-refractivity contribution >= 4 is 61.4 Å². The zero-order valence-corrected chi connectivity index (χ0v) is 23.1. The molecule has 0 saturated heterocycles. The molecule has 0 amide bonds. The normalized spacial score (nSPS) is 10.3. The number of halogens is 1. The van der Waals surface area contributed by atoms with E-state index in [1.54, 1.807) is 50.9 Å². The van der Waals surface area contributed by atoms with Gasteiger partial charge in [-0.1, -0.05) is 11.6 Å². The number of nitrogens with zero attached hydrogens (tertiary/aromatic N) is 5. The number of pyridine rings is 3. The van der Waals surface area contributed by atoms with Crippen LogP contribution in [0.5, 0.6) is 11.5 Å². The van der Waals surface area contributed by atoms with Gasteiger partial charge < -0.3 is 15.2 Å². The van der Waals surface area contributed by atoms with Crippen LogP contribution in [0.3, 0.4) is 0 Å². The molecule has 13 heteroatoms. The van der Waals surface area contributed by atoms with E-state index in [0.717, 1.165) is 27.4 Å². The Kier molecular flexibility index (Phi) is 9.20. The van der Waals surface area contributed by atoms with Gasteiger partial charge in [-0.05, 0) is 48.5 Å². The van der Waals surface area contributed by atoms with E-state index in [-0.39, 0.29) is 11.4 Å². The van der Waals surface area contributed by atoms with Crippen molar-refractivity contribution < 1.29 is 19.3 Å². The van der Waals surface area contributed by atoms with Crippen LogP contribution in [0, 0.1) is 20.2 Å². The van der Waals surface area contributed by atoms with Crippen molar-refractivity contribution in [3.05, 3.63) is 117 Å². The lowest BCUT2D eigenvalue weighted by Gasteiger charge is -2.04. The van der Waals surface area contributed by atoms with E-state index in [9.17, 15) is 20.2 Å². The quantitative estimate of drug-likeness (QED) is 0.132. The topological polar surface area (TPSA) is 169 Å². The molecule has 0 spiro atoms. The molecule has 212 valence electrons. The Morgan fingerprint density at radius 1 is 0.643 bits per heavy atom. The van der Waals surface area contributed by atoms with Gasteiger partial charge in [0.15, 0.2) is 0 Å². The first-order valence-corrected chi connectivity index (χ1v) is 12.5. The molecule has 0 bridgehead atoms. The predicted octanol–water partition coefficient (Wildman–Crippen LogP) is 6.77. The number of nitrogen functional groups attached to an aromatic ring is 1. The molecule has 0 atom stereocenters. The molecule has 6 aromatic rings. The molecule has 3 heterocycles. The number of benzene rings is 3. The molecule has 0 unspecified atom stereocenters. The minimum Gasteiger partial charge on any atom is -0.496 e. The van der Waals surface area contributed by atoms with Crippen molar-refractivity contribution in [2.45, 2.75) is 0 Å². The molecule has 2 N–H and O–H groups in total. The lowest BCUT2D eigenvalue weighted by molar-refractivity contribution is -0.384. The summed E-state index contributed by atoms with van der Waals surface area (Å²) in [6, 6.07) is 19.7. The van der Waals surface area contributed by atoms with E-state index in [4.69, 9.17) is 26.8 Å². The lowest BCUT2D eigenvalue weighted by Crippen LogP contribution is -1.90. The summed E-state index contributed by atoms with van der Waals surface area (Å²) < 4.78 is 10.3. The van der Waals surface area contributed by atoms with Gasteiger partial charge in [-0.2, -0.15) is 0 Å². The van der Waals surface area contributed by atoms with Crippen molar-refractivity contribution in [2.24, 2.45) is 0 Å². The molecule has 0 aliphatic carbocycles. The molecule has 42 heavy (non-hydrogen) atoms. The van der Waals surface area contributed by atoms with Crippen molar-refractivity contribution in [2.75, 3.05) is 20.0 Å². The number of anilines is 1. The standard InChI is InChI=1S/C10H8N2O3.C10H10N2O.C9H5ClN2O2/c1-15-10-4-5-11-9-6-7(12(13)14)2-3-8(9)10;1-13-10-4-5-12-9-6-7(11)2-3-8(9)10;10-8-3-4-11-9-5-6(12(13)14)1-2-7(8)9/h2-6H,1H3;2-6H,11H2,1H3;1-5H. The fraction of sp³-hybridized carbons (Fsp3) is 0.0690. The van der Waals surface area contributed by atoms with Gasteiger partial charge in [-0.3, -0.25) is 35.2 Å². The van der Waals surface area contributed by atoms with Gasteiger partial charge in [0.25, 0.3) is 11.4 Å². The number of methoxy groups -OCH3 is 2. The maximum absolute atomic E-state index is 10.5. The van der Waals surface area contributed by atoms with E-state index in [1.807, 2.05) is 24.3 Å². The number of nitro groups is 2. The third-order valence-electron chi connectivity index (χ3n) is 5.95. The summed E-state index contributed by atoms with van der Waals surface area (Å²) in [5.41, 5.74) is 8.36. The Morgan fingerprint density at radius 2 is 1.07 bits per heavy atom. The summed E-state index contributed by atoms with van der Waals surface area (Å²) in [4.78, 5) is 32.4. The van der Waals surface area contributed by atoms with Crippen LogP contribution < -0.4 is 15.2 Å². The number of hydrogen-bond acceptors (Lipinski definition) is 10. The second-order valence-corrected chi connectivity index (χ2v) is 8.92. The molecular formula is C29H23ClN6O6. The number of nitrogens with two attached hydrogens (primary N) is 1. The lowest BCUT2D eigenvalue weighted by atomic mass is 10.2. The van der Waals surface area contributed by atoms with Gasteiger partial charge in [0.2, 0.25) is 0 Å². The predicted molar refractivity (Wildman–Crippen MR) is 161 cm³/mol. The SMILES string of the molecule is COc1ccnc2cc(N)ccc12.COc1ccnc2cc([N+](=O)[O-])ccc12.O=[N+]([O-])c1ccc2c(Cl)ccnc2c1. The van der Waals surface area contributed by atoms with Crippen molar-refractivity contribution in [1.82, 2.24) is 15.0 Å². The van der Waals surface area contributed by atoms with Gasteiger partial charge >= 0.3 is 0 Å². The Labute approximate surface area is 243 Å². The minimum atomic E-state index is -0.456. The van der Waals surface area contributed by atoms with Gasteiger partial charge in [-0.15, -0.1) is 0 Å². The first kappa shape index (κ1) is 29.4. The zero-order chi connectivity index (χ0) is 30.2. The number of nitro benzene ring substituents is 2. The van der Waals surface area contributed by atoms with Crippen molar-refractivity contribution in [3.8, 4) is 11.5 Å². The van der Waals surface area contributed by atoms with Gasteiger partial charge in [0.1, 0.15) is 11.5 Å². The minimum absolute atomic E-state index is 0.0206. The average molecular weight is 587 g/mol. The van der Waals surface area contributed by atoms with E-state index in [1.165, 1.54) is 30.5 Å². The summed E-state index contributed by atoms with van der Waals surface area (Å²) in [6.07, 6.45) is 4.79. The van der Waals surface area contributed by atoms with Crippen LogP contribution in [0.2, 0.25) is 5.02 Å². The summed E-state index contributed by atoms with van der Waals surface area (Å²) in [7, 11) is 3.20. The molecule has 6 rings (SSSR count). The number of hydrogen-bond donors (Lipinski definition) is 1. The van der Waals surface area contributed by atoms with Crippen LogP contribution in [0.25, 0.3) is 32.7 Å². The largest absolute Gasteiger partial charge is 0.496 e. The van der Waals surface area contributed by atoms with Crippen LogP contribution in [0.1, 0.15) is 0 Å². The fourth-order valence-corrected chi connectivity index (χ4v) is 4.15. The Balaban J connectivity index is 0.000000145. The highest BCUT2D eigenvalue weighted by Gasteiger charge is 2.09. The number of fused-ring (bicyclic) bond motifs is 3. The summed E-state index contributed by atoms with van der Waals surface area (Å²) in [6.45, 7) is 0. The molecule has 3 aromatic heterocycles. The maximum atomic E-state index is 10.5. The van der Waals surface area contributed by atoms with E-state index >= 15 is 0 Å². The number of ether oxygens (including phenoxy) is 2. The molecule has 0 aliphatic rings. The highest BCUT2D eigenvalue weighted by molar-refractivity contribution is 6.35. The average Bonchev–Trinajstić information content (AvgIpc) is 3.00. The molecule has 0 saturated carbocycles. The van der Waals surface area contributed by atoms with Gasteiger partial charge in [0.05, 0.1) is 45.6 Å². The Hall–Kier alpha value is -5.62. The molecule has 3 aromatic carbocycles. The van der Waals surface area contributed by atoms with Crippen LogP contribution in [0.4, 0.5) is 17.1 Å². The Bertz CT molecular complexity index is 1920. The summed E-state index contributed by atoms with van der Waals surface area (Å²) in [5.74, 6) is 1.49. The smallest absolute Gasteiger partial charge is 0.271 e. The van der Waals surface area contributed by atoms with Crippen LogP contribution >= 0.6 is 11.6 Å². The van der Waals surface area contributed by atoms with Gasteiger partial charge in [0, 0.05) is 64.7 Å². The van der Waals surface area contributed by atoms with Crippen LogP contribution in [-0.4, -0.2) is 39.0 Å². The Morgan fingerprint density at radius 3 is 1.57 bits per heavy atom. The van der Waals surface area contributed by atoms with Crippen LogP contribution in [0.15, 0.2) is 91.4 Å². The fourth-order valence-electron chi connectivity index (χ4n) is 3.93.